The topological polar surface area (TPSA) is 100 Å². The molecular formula is C17H21N3O4. The molecule has 1 heterocycles. The van der Waals surface area contributed by atoms with E-state index in [0.717, 1.165) is 0 Å². The molecule has 3 N–H and O–H groups in total. The molecule has 128 valence electrons. The molecule has 7 heteroatoms. The molecule has 0 aliphatic rings. The van der Waals surface area contributed by atoms with Gasteiger partial charge in [0.15, 0.2) is 0 Å². The molecule has 0 atom stereocenters. The van der Waals surface area contributed by atoms with Gasteiger partial charge in [-0.2, -0.15) is 0 Å². The Morgan fingerprint density at radius 2 is 1.79 bits per heavy atom. The number of fused-ring (bicyclic) bond motifs is 1. The number of pyridine rings is 1. The SMILES string of the molecule is CCn1c(=O)c(C(=O)NNC(=O)C(C)(C)C)c(O)c2ccccc21. The highest BCUT2D eigenvalue weighted by atomic mass is 16.3. The Bertz CT molecular complexity index is 862. The summed E-state index contributed by atoms with van der Waals surface area (Å²) in [4.78, 5) is 36.7. The molecule has 0 fully saturated rings. The fraction of sp³-hybridized carbons (Fsp3) is 0.353. The predicted molar refractivity (Wildman–Crippen MR) is 90.6 cm³/mol. The summed E-state index contributed by atoms with van der Waals surface area (Å²) in [5.74, 6) is -1.67. The minimum atomic E-state index is -0.858. The quantitative estimate of drug-likeness (QED) is 0.727. The van der Waals surface area contributed by atoms with E-state index in [-0.39, 0.29) is 0 Å². The summed E-state index contributed by atoms with van der Waals surface area (Å²) in [6.45, 7) is 7.17. The van der Waals surface area contributed by atoms with E-state index in [9.17, 15) is 19.5 Å². The van der Waals surface area contributed by atoms with Crippen molar-refractivity contribution in [2.45, 2.75) is 34.2 Å². The second kappa shape index (κ2) is 6.35. The second-order valence-electron chi connectivity index (χ2n) is 6.45. The van der Waals surface area contributed by atoms with Crippen LogP contribution < -0.4 is 16.4 Å². The van der Waals surface area contributed by atoms with Gasteiger partial charge in [-0.3, -0.25) is 25.2 Å². The Labute approximate surface area is 139 Å². The number of nitrogens with zero attached hydrogens (tertiary/aromatic N) is 1. The van der Waals surface area contributed by atoms with Crippen LogP contribution in [0.2, 0.25) is 0 Å². The molecule has 0 unspecified atom stereocenters. The molecule has 1 aromatic heterocycles. The maximum absolute atomic E-state index is 12.5. The molecule has 0 radical (unpaired) electrons. The Morgan fingerprint density at radius 3 is 2.38 bits per heavy atom. The average Bonchev–Trinajstić information content (AvgIpc) is 2.52. The minimum Gasteiger partial charge on any atom is -0.506 e. The van der Waals surface area contributed by atoms with Crippen molar-refractivity contribution in [3.63, 3.8) is 0 Å². The van der Waals surface area contributed by atoms with E-state index in [0.29, 0.717) is 17.4 Å². The van der Waals surface area contributed by atoms with Crippen LogP contribution in [-0.2, 0) is 11.3 Å². The zero-order valence-electron chi connectivity index (χ0n) is 14.1. The highest BCUT2D eigenvalue weighted by Crippen LogP contribution is 2.26. The number of aromatic nitrogens is 1. The molecular weight excluding hydrogens is 310 g/mol. The van der Waals surface area contributed by atoms with Gasteiger partial charge in [0.05, 0.1) is 5.52 Å². The Kier molecular flexibility index (Phi) is 4.64. The first-order valence-electron chi connectivity index (χ1n) is 7.63. The van der Waals surface area contributed by atoms with Crippen molar-refractivity contribution in [3.8, 4) is 5.75 Å². The normalized spacial score (nSPS) is 11.3. The van der Waals surface area contributed by atoms with Crippen LogP contribution in [0, 0.1) is 5.41 Å². The number of rotatable bonds is 2. The van der Waals surface area contributed by atoms with Crippen molar-refractivity contribution in [2.75, 3.05) is 0 Å². The summed E-state index contributed by atoms with van der Waals surface area (Å²) in [6.07, 6.45) is 0. The van der Waals surface area contributed by atoms with Crippen LogP contribution in [-0.4, -0.2) is 21.5 Å². The lowest BCUT2D eigenvalue weighted by Gasteiger charge is -2.18. The molecule has 1 aromatic carbocycles. The van der Waals surface area contributed by atoms with Crippen LogP contribution in [0.25, 0.3) is 10.9 Å². The first kappa shape index (κ1) is 17.5. The van der Waals surface area contributed by atoms with Gasteiger partial charge in [-0.1, -0.05) is 32.9 Å². The van der Waals surface area contributed by atoms with Gasteiger partial charge in [0, 0.05) is 17.3 Å². The minimum absolute atomic E-state index is 0.342. The third kappa shape index (κ3) is 3.10. The van der Waals surface area contributed by atoms with Crippen LogP contribution in [0.5, 0.6) is 5.75 Å². The zero-order chi connectivity index (χ0) is 18.1. The van der Waals surface area contributed by atoms with E-state index in [1.807, 2.05) is 0 Å². The Morgan fingerprint density at radius 1 is 1.17 bits per heavy atom. The summed E-state index contributed by atoms with van der Waals surface area (Å²) in [6, 6.07) is 6.77. The first-order chi connectivity index (χ1) is 11.2. The summed E-state index contributed by atoms with van der Waals surface area (Å²) in [5, 5.41) is 10.8. The summed E-state index contributed by atoms with van der Waals surface area (Å²) in [7, 11) is 0. The van der Waals surface area contributed by atoms with Crippen LogP contribution in [0.15, 0.2) is 29.1 Å². The second-order valence-corrected chi connectivity index (χ2v) is 6.45. The molecule has 2 rings (SSSR count). The van der Waals surface area contributed by atoms with Gasteiger partial charge in [-0.15, -0.1) is 0 Å². The third-order valence-electron chi connectivity index (χ3n) is 3.66. The highest BCUT2D eigenvalue weighted by Gasteiger charge is 2.25. The van der Waals surface area contributed by atoms with Crippen LogP contribution in [0.3, 0.4) is 0 Å². The molecule has 0 aliphatic carbocycles. The number of hydrogen-bond acceptors (Lipinski definition) is 4. The standard InChI is InChI=1S/C17H21N3O4/c1-5-20-11-9-7-6-8-10(11)13(21)12(15(20)23)14(22)18-19-16(24)17(2,3)4/h6-9,21H,5H2,1-4H3,(H,18,22)(H,19,24). The largest absolute Gasteiger partial charge is 0.506 e. The van der Waals surface area contributed by atoms with E-state index in [1.54, 1.807) is 52.0 Å². The number of aromatic hydroxyl groups is 1. The summed E-state index contributed by atoms with van der Waals surface area (Å²) >= 11 is 0. The first-order valence-corrected chi connectivity index (χ1v) is 7.63. The molecule has 0 saturated heterocycles. The number of aryl methyl sites for hydroxylation is 1. The number of nitrogens with one attached hydrogen (secondary N) is 2. The number of para-hydroxylation sites is 1. The molecule has 0 aliphatic heterocycles. The molecule has 0 bridgehead atoms. The van der Waals surface area contributed by atoms with Crippen molar-refractivity contribution in [3.05, 3.63) is 40.2 Å². The fourth-order valence-corrected chi connectivity index (χ4v) is 2.27. The lowest BCUT2D eigenvalue weighted by atomic mass is 9.96. The van der Waals surface area contributed by atoms with E-state index < -0.39 is 34.1 Å². The highest BCUT2D eigenvalue weighted by molar-refractivity contribution is 6.02. The third-order valence-corrected chi connectivity index (χ3v) is 3.66. The van der Waals surface area contributed by atoms with Crippen LogP contribution >= 0.6 is 0 Å². The molecule has 0 saturated carbocycles. The zero-order valence-corrected chi connectivity index (χ0v) is 14.1. The Balaban J connectivity index is 2.47. The van der Waals surface area contributed by atoms with Crippen LogP contribution in [0.1, 0.15) is 38.1 Å². The van der Waals surface area contributed by atoms with Crippen molar-refractivity contribution in [2.24, 2.45) is 5.41 Å². The fourth-order valence-electron chi connectivity index (χ4n) is 2.27. The number of hydrazine groups is 1. The molecule has 7 nitrogen and oxygen atoms in total. The van der Waals surface area contributed by atoms with Gasteiger partial charge in [-0.25, -0.2) is 0 Å². The summed E-state index contributed by atoms with van der Waals surface area (Å²) < 4.78 is 1.40. The maximum Gasteiger partial charge on any atom is 0.279 e. The van der Waals surface area contributed by atoms with Gasteiger partial charge in [-0.05, 0) is 19.1 Å². The molecule has 2 amide bonds. The lowest BCUT2D eigenvalue weighted by Crippen LogP contribution is -2.48. The van der Waals surface area contributed by atoms with E-state index in [2.05, 4.69) is 10.9 Å². The maximum atomic E-state index is 12.5. The smallest absolute Gasteiger partial charge is 0.279 e. The predicted octanol–water partition coefficient (Wildman–Crippen LogP) is 1.53. The monoisotopic (exact) mass is 331 g/mol. The Hall–Kier alpha value is -2.83. The molecule has 24 heavy (non-hydrogen) atoms. The van der Waals surface area contributed by atoms with Gasteiger partial charge in [0.25, 0.3) is 11.5 Å². The number of carbonyl (C=O) groups is 2. The number of hydrogen-bond donors (Lipinski definition) is 3. The van der Waals surface area contributed by atoms with E-state index >= 15 is 0 Å². The number of benzene rings is 1. The van der Waals surface area contributed by atoms with Gasteiger partial charge >= 0.3 is 0 Å². The average molecular weight is 331 g/mol. The van der Waals surface area contributed by atoms with Crippen molar-refractivity contribution < 1.29 is 14.7 Å². The molecule has 2 aromatic rings. The van der Waals surface area contributed by atoms with Crippen molar-refractivity contribution >= 4 is 22.7 Å². The van der Waals surface area contributed by atoms with Gasteiger partial charge in [0.2, 0.25) is 5.91 Å². The van der Waals surface area contributed by atoms with Crippen molar-refractivity contribution in [1.29, 1.82) is 0 Å². The number of carbonyl (C=O) groups excluding carboxylic acids is 2. The number of amides is 2. The van der Waals surface area contributed by atoms with Crippen molar-refractivity contribution in [1.82, 2.24) is 15.4 Å². The molecule has 0 spiro atoms. The van der Waals surface area contributed by atoms with Gasteiger partial charge < -0.3 is 9.67 Å². The summed E-state index contributed by atoms with van der Waals surface area (Å²) in [5.41, 5.74) is 3.27. The van der Waals surface area contributed by atoms with Gasteiger partial charge in [0.1, 0.15) is 11.3 Å². The van der Waals surface area contributed by atoms with E-state index in [1.165, 1.54) is 4.57 Å². The van der Waals surface area contributed by atoms with E-state index in [4.69, 9.17) is 0 Å². The van der Waals surface area contributed by atoms with Crippen LogP contribution in [0.4, 0.5) is 0 Å². The lowest BCUT2D eigenvalue weighted by molar-refractivity contribution is -0.129.